The van der Waals surface area contributed by atoms with E-state index in [9.17, 15) is 48.3 Å². The van der Waals surface area contributed by atoms with E-state index in [1.54, 1.807) is 0 Å². The van der Waals surface area contributed by atoms with Gasteiger partial charge in [-0.05, 0) is 6.42 Å². The molecule has 2 nitrogen and oxygen atoms in total. The predicted molar refractivity (Wildman–Crippen MR) is 61.6 cm³/mol. The van der Waals surface area contributed by atoms with Gasteiger partial charge in [-0.1, -0.05) is 12.6 Å². The molecule has 0 saturated heterocycles. The molecule has 0 fully saturated rings. The zero-order chi connectivity index (χ0) is 19.4. The van der Waals surface area contributed by atoms with Crippen molar-refractivity contribution in [1.82, 2.24) is 0 Å². The van der Waals surface area contributed by atoms with Crippen molar-refractivity contribution in [3.05, 3.63) is 0 Å². The van der Waals surface area contributed by atoms with Gasteiger partial charge in [0.15, 0.2) is 0 Å². The summed E-state index contributed by atoms with van der Waals surface area (Å²) in [5.41, 5.74) is 0. The van der Waals surface area contributed by atoms with Crippen LogP contribution in [0.3, 0.4) is 0 Å². The van der Waals surface area contributed by atoms with Gasteiger partial charge in [-0.3, -0.25) is 4.74 Å². The molecule has 0 aliphatic rings. The first-order valence-electron chi connectivity index (χ1n) is 6.38. The second-order valence-corrected chi connectivity index (χ2v) is 6.38. The minimum atomic E-state index is -7.05. The van der Waals surface area contributed by atoms with Crippen molar-refractivity contribution in [2.24, 2.45) is 0 Å². The average Bonchev–Trinajstić information content (AvgIpc) is 2.35. The molecular weight excluding hydrogens is 389 g/mol. The lowest BCUT2D eigenvalue weighted by Gasteiger charge is -2.34. The molecule has 1 unspecified atom stereocenters. The summed E-state index contributed by atoms with van der Waals surface area (Å²) in [6, 6.07) is 0.550. The molecule has 0 spiro atoms. The predicted octanol–water partition coefficient (Wildman–Crippen LogP) is 4.06. The third kappa shape index (κ3) is 5.44. The van der Waals surface area contributed by atoms with Gasteiger partial charge in [0.2, 0.25) is 0 Å². The molecule has 0 saturated carbocycles. The number of hydrogen-bond acceptors (Lipinski definition) is 2. The summed E-state index contributed by atoms with van der Waals surface area (Å²) in [6.45, 7) is -1.03. The monoisotopic (exact) mass is 402 g/mol. The average molecular weight is 402 g/mol. The van der Waals surface area contributed by atoms with Crippen LogP contribution in [0.4, 0.5) is 48.3 Å². The minimum absolute atomic E-state index is 0.145. The summed E-state index contributed by atoms with van der Waals surface area (Å²) in [7, 11) is -0.509. The molecule has 0 rings (SSSR count). The SMILES string of the molecule is C[SiH2]CCCOCC(F)(OC(F)(F)C(F)(F)C(F)(F)F)C(F)(F)F. The van der Waals surface area contributed by atoms with Crippen molar-refractivity contribution in [2.75, 3.05) is 13.2 Å². The van der Waals surface area contributed by atoms with Crippen molar-refractivity contribution in [1.29, 1.82) is 0 Å². The molecule has 0 aromatic heterocycles. The largest absolute Gasteiger partial charge is 0.462 e. The molecule has 1 atom stereocenters. The first-order chi connectivity index (χ1) is 10.5. The number of ether oxygens (including phenoxy) is 2. The summed E-state index contributed by atoms with van der Waals surface area (Å²) in [6.07, 6.45) is -20.0. The van der Waals surface area contributed by atoms with Crippen LogP contribution in [-0.2, 0) is 9.47 Å². The molecule has 0 bridgehead atoms. The Kier molecular flexibility index (Phi) is 7.52. The van der Waals surface area contributed by atoms with E-state index in [0.29, 0.717) is 6.04 Å². The Morgan fingerprint density at radius 3 is 1.67 bits per heavy atom. The van der Waals surface area contributed by atoms with E-state index in [0.717, 1.165) is 0 Å². The van der Waals surface area contributed by atoms with Crippen LogP contribution >= 0.6 is 0 Å². The number of rotatable bonds is 9. The molecule has 0 radical (unpaired) electrons. The van der Waals surface area contributed by atoms with Crippen molar-refractivity contribution in [3.63, 3.8) is 0 Å². The van der Waals surface area contributed by atoms with E-state index in [-0.39, 0.29) is 6.42 Å². The zero-order valence-electron chi connectivity index (χ0n) is 12.0. The molecular formula is C10H13F11O2Si. The van der Waals surface area contributed by atoms with Crippen LogP contribution in [-0.4, -0.2) is 53.0 Å². The molecule has 0 aliphatic carbocycles. The van der Waals surface area contributed by atoms with Gasteiger partial charge in [0.05, 0.1) is 0 Å². The van der Waals surface area contributed by atoms with Gasteiger partial charge in [-0.25, -0.2) is 0 Å². The Bertz CT molecular complexity index is 395. The van der Waals surface area contributed by atoms with E-state index < -0.39 is 53.0 Å². The van der Waals surface area contributed by atoms with E-state index in [1.165, 1.54) is 0 Å². The van der Waals surface area contributed by atoms with Crippen LogP contribution in [0.15, 0.2) is 0 Å². The molecule has 24 heavy (non-hydrogen) atoms. The summed E-state index contributed by atoms with van der Waals surface area (Å²) in [5, 5.41) is 0. The summed E-state index contributed by atoms with van der Waals surface area (Å²) in [5.74, 6) is -12.6. The molecule has 0 amide bonds. The molecule has 0 aliphatic heterocycles. The lowest BCUT2D eigenvalue weighted by Crippen LogP contribution is -2.60. The molecule has 0 aromatic carbocycles. The Balaban J connectivity index is 5.27. The maximum atomic E-state index is 13.6. The highest BCUT2D eigenvalue weighted by Crippen LogP contribution is 2.50. The Hall–Kier alpha value is -0.633. The molecule has 0 heterocycles. The van der Waals surface area contributed by atoms with E-state index in [2.05, 4.69) is 9.47 Å². The van der Waals surface area contributed by atoms with Crippen molar-refractivity contribution < 1.29 is 57.8 Å². The molecule has 146 valence electrons. The first-order valence-corrected chi connectivity index (χ1v) is 8.79. The third-order valence-electron chi connectivity index (χ3n) is 2.61. The third-order valence-corrected chi connectivity index (χ3v) is 3.82. The number of halogens is 11. The second-order valence-electron chi connectivity index (χ2n) is 4.68. The lowest BCUT2D eigenvalue weighted by molar-refractivity contribution is -0.486. The number of hydrogen-bond donors (Lipinski definition) is 0. The lowest BCUT2D eigenvalue weighted by atomic mass is 10.2. The van der Waals surface area contributed by atoms with E-state index in [4.69, 9.17) is 0 Å². The van der Waals surface area contributed by atoms with E-state index >= 15 is 0 Å². The van der Waals surface area contributed by atoms with Gasteiger partial charge < -0.3 is 4.74 Å². The first kappa shape index (κ1) is 23.4. The fourth-order valence-corrected chi connectivity index (χ4v) is 1.96. The topological polar surface area (TPSA) is 18.5 Å². The Labute approximate surface area is 131 Å². The van der Waals surface area contributed by atoms with Crippen LogP contribution in [0, 0.1) is 0 Å². The van der Waals surface area contributed by atoms with Crippen molar-refractivity contribution in [3.8, 4) is 0 Å². The maximum Gasteiger partial charge on any atom is 0.462 e. The molecule has 14 heteroatoms. The maximum absolute atomic E-state index is 13.6. The molecule has 0 aromatic rings. The Morgan fingerprint density at radius 2 is 1.29 bits per heavy atom. The quantitative estimate of drug-likeness (QED) is 0.329. The zero-order valence-corrected chi connectivity index (χ0v) is 13.4. The highest BCUT2D eigenvalue weighted by atomic mass is 28.2. The standard InChI is InChI=1S/C10H13F11O2Si/c1-24-4-2-3-22-5-6(11,8(14,15)16)23-10(20,21)7(12,13)9(17,18)19/h2-5,24H2,1H3. The van der Waals surface area contributed by atoms with Gasteiger partial charge in [-0.15, -0.1) is 0 Å². The fraction of sp³-hybridized carbons (Fsp3) is 1.00. The summed E-state index contributed by atoms with van der Waals surface area (Å²) in [4.78, 5) is 0. The summed E-state index contributed by atoms with van der Waals surface area (Å²) < 4.78 is 144. The smallest absolute Gasteiger partial charge is 0.375 e. The highest BCUT2D eigenvalue weighted by Gasteiger charge is 2.78. The van der Waals surface area contributed by atoms with Gasteiger partial charge >= 0.3 is 30.2 Å². The normalized spacial score (nSPS) is 17.5. The van der Waals surface area contributed by atoms with Crippen LogP contribution in [0.1, 0.15) is 6.42 Å². The minimum Gasteiger partial charge on any atom is -0.375 e. The van der Waals surface area contributed by atoms with Gasteiger partial charge in [0.25, 0.3) is 0 Å². The van der Waals surface area contributed by atoms with E-state index in [1.807, 2.05) is 6.55 Å². The van der Waals surface area contributed by atoms with Crippen LogP contribution in [0.5, 0.6) is 0 Å². The fourth-order valence-electron chi connectivity index (χ4n) is 1.26. The second kappa shape index (κ2) is 7.72. The highest BCUT2D eigenvalue weighted by molar-refractivity contribution is 6.33. The van der Waals surface area contributed by atoms with Gasteiger partial charge in [-0.2, -0.15) is 48.3 Å². The van der Waals surface area contributed by atoms with Crippen LogP contribution in [0.2, 0.25) is 12.6 Å². The van der Waals surface area contributed by atoms with Crippen LogP contribution in [0.25, 0.3) is 0 Å². The summed E-state index contributed by atoms with van der Waals surface area (Å²) >= 11 is 0. The van der Waals surface area contributed by atoms with Crippen LogP contribution < -0.4 is 0 Å². The van der Waals surface area contributed by atoms with Gasteiger partial charge in [0.1, 0.15) is 6.61 Å². The van der Waals surface area contributed by atoms with Gasteiger partial charge in [0, 0.05) is 16.1 Å². The number of alkyl halides is 11. The van der Waals surface area contributed by atoms with Crippen molar-refractivity contribution >= 4 is 9.52 Å². The van der Waals surface area contributed by atoms with Crippen molar-refractivity contribution in [2.45, 2.75) is 49.3 Å². The Morgan fingerprint density at radius 1 is 0.792 bits per heavy atom. The molecule has 0 N–H and O–H groups in total.